The third kappa shape index (κ3) is 4.55. The number of nitrogens with one attached hydrogen (secondary N) is 2. The molecule has 0 aliphatic carbocycles. The molecule has 1 atom stereocenters. The van der Waals surface area contributed by atoms with Gasteiger partial charge in [-0.05, 0) is 40.2 Å². The van der Waals surface area contributed by atoms with E-state index in [0.717, 1.165) is 25.9 Å². The number of carbonyl (C=O) groups excluding carboxylic acids is 1. The third-order valence-electron chi connectivity index (χ3n) is 3.28. The van der Waals surface area contributed by atoms with Gasteiger partial charge in [-0.1, -0.05) is 0 Å². The Morgan fingerprint density at radius 2 is 2.06 bits per heavy atom. The molecule has 1 saturated heterocycles. The summed E-state index contributed by atoms with van der Waals surface area (Å²) in [5, 5.41) is 6.20. The van der Waals surface area contributed by atoms with Crippen molar-refractivity contribution < 1.29 is 14.3 Å². The molecule has 0 radical (unpaired) electrons. The summed E-state index contributed by atoms with van der Waals surface area (Å²) in [6, 6.07) is 0. The predicted molar refractivity (Wildman–Crippen MR) is 70.3 cm³/mol. The van der Waals surface area contributed by atoms with E-state index in [1.807, 2.05) is 20.8 Å². The zero-order chi connectivity index (χ0) is 13.4. The average molecular weight is 258 g/mol. The number of amides is 1. The first-order valence-corrected chi connectivity index (χ1v) is 6.84. The van der Waals surface area contributed by atoms with E-state index in [4.69, 9.17) is 9.47 Å². The van der Waals surface area contributed by atoms with Crippen molar-refractivity contribution in [1.82, 2.24) is 10.6 Å². The molecular formula is C13H26N2O3. The molecule has 0 aromatic heterocycles. The van der Waals surface area contributed by atoms with E-state index in [-0.39, 0.29) is 17.6 Å². The van der Waals surface area contributed by atoms with Gasteiger partial charge in [0.1, 0.15) is 0 Å². The lowest BCUT2D eigenvalue weighted by Gasteiger charge is -2.33. The maximum absolute atomic E-state index is 12.2. The first kappa shape index (κ1) is 15.4. The Hall–Kier alpha value is -0.650. The topological polar surface area (TPSA) is 59.6 Å². The number of rotatable bonds is 7. The van der Waals surface area contributed by atoms with Crippen molar-refractivity contribution in [3.8, 4) is 0 Å². The Bertz CT molecular complexity index is 247. The van der Waals surface area contributed by atoms with Crippen LogP contribution in [0, 0.1) is 5.41 Å². The summed E-state index contributed by atoms with van der Waals surface area (Å²) in [5.74, 6) is 0.0825. The monoisotopic (exact) mass is 258 g/mol. The van der Waals surface area contributed by atoms with Crippen LogP contribution in [-0.2, 0) is 14.3 Å². The molecule has 1 fully saturated rings. The highest BCUT2D eigenvalue weighted by molar-refractivity contribution is 5.82. The van der Waals surface area contributed by atoms with Gasteiger partial charge in [-0.25, -0.2) is 0 Å². The Kier molecular flexibility index (Phi) is 6.60. The minimum atomic E-state index is -0.343. The molecule has 1 aliphatic heterocycles. The first-order valence-electron chi connectivity index (χ1n) is 6.84. The van der Waals surface area contributed by atoms with Gasteiger partial charge in [0.05, 0.1) is 12.0 Å². The van der Waals surface area contributed by atoms with Crippen molar-refractivity contribution in [3.05, 3.63) is 0 Å². The molecule has 2 N–H and O–H groups in total. The fourth-order valence-electron chi connectivity index (χ4n) is 2.18. The van der Waals surface area contributed by atoms with Crippen LogP contribution in [0.3, 0.4) is 0 Å². The van der Waals surface area contributed by atoms with Crippen LogP contribution in [-0.4, -0.2) is 45.0 Å². The highest BCUT2D eigenvalue weighted by Gasteiger charge is 2.34. The van der Waals surface area contributed by atoms with Crippen molar-refractivity contribution in [2.24, 2.45) is 5.41 Å². The normalized spacial score (nSPS) is 24.2. The lowest BCUT2D eigenvalue weighted by atomic mass is 9.82. The largest absolute Gasteiger partial charge is 0.351 e. The molecule has 1 unspecified atom stereocenters. The van der Waals surface area contributed by atoms with E-state index < -0.39 is 0 Å². The molecular weight excluding hydrogens is 232 g/mol. The van der Waals surface area contributed by atoms with Gasteiger partial charge in [0, 0.05) is 19.8 Å². The van der Waals surface area contributed by atoms with Crippen LogP contribution < -0.4 is 10.6 Å². The van der Waals surface area contributed by atoms with Crippen LogP contribution in [0.25, 0.3) is 0 Å². The summed E-state index contributed by atoms with van der Waals surface area (Å²) in [5.41, 5.74) is -0.304. The van der Waals surface area contributed by atoms with Gasteiger partial charge in [0.25, 0.3) is 0 Å². The summed E-state index contributed by atoms with van der Waals surface area (Å²) >= 11 is 0. The zero-order valence-electron chi connectivity index (χ0n) is 11.8. The van der Waals surface area contributed by atoms with Gasteiger partial charge in [-0.3, -0.25) is 4.79 Å². The van der Waals surface area contributed by atoms with Crippen molar-refractivity contribution in [1.29, 1.82) is 0 Å². The van der Waals surface area contributed by atoms with Gasteiger partial charge in [0.2, 0.25) is 5.91 Å². The van der Waals surface area contributed by atoms with E-state index in [9.17, 15) is 4.79 Å². The van der Waals surface area contributed by atoms with Crippen LogP contribution in [0.5, 0.6) is 0 Å². The summed E-state index contributed by atoms with van der Waals surface area (Å²) in [4.78, 5) is 12.2. The van der Waals surface area contributed by atoms with Gasteiger partial charge in [0.15, 0.2) is 6.29 Å². The Balaban J connectivity index is 2.38. The lowest BCUT2D eigenvalue weighted by Crippen LogP contribution is -2.50. The smallest absolute Gasteiger partial charge is 0.227 e. The Morgan fingerprint density at radius 3 is 2.56 bits per heavy atom. The minimum absolute atomic E-state index is 0.0825. The van der Waals surface area contributed by atoms with Gasteiger partial charge >= 0.3 is 0 Å². The molecule has 1 rings (SSSR count). The molecule has 1 amide bonds. The third-order valence-corrected chi connectivity index (χ3v) is 3.28. The van der Waals surface area contributed by atoms with Crippen LogP contribution in [0.1, 0.15) is 33.6 Å². The number of hydrogen-bond donors (Lipinski definition) is 2. The molecule has 5 heteroatoms. The van der Waals surface area contributed by atoms with Crippen LogP contribution in [0.2, 0.25) is 0 Å². The SMILES string of the molecule is CCOC(CNC(=O)C1(C)CCCNC1)OCC. The molecule has 1 heterocycles. The maximum Gasteiger partial charge on any atom is 0.227 e. The summed E-state index contributed by atoms with van der Waals surface area (Å²) < 4.78 is 10.8. The van der Waals surface area contributed by atoms with Crippen LogP contribution >= 0.6 is 0 Å². The fraction of sp³-hybridized carbons (Fsp3) is 0.923. The molecule has 106 valence electrons. The van der Waals surface area contributed by atoms with Crippen molar-refractivity contribution in [3.63, 3.8) is 0 Å². The molecule has 5 nitrogen and oxygen atoms in total. The molecule has 1 aliphatic rings. The minimum Gasteiger partial charge on any atom is -0.351 e. The van der Waals surface area contributed by atoms with Crippen molar-refractivity contribution >= 4 is 5.91 Å². The van der Waals surface area contributed by atoms with E-state index in [1.165, 1.54) is 0 Å². The van der Waals surface area contributed by atoms with Crippen LogP contribution in [0.4, 0.5) is 0 Å². The predicted octanol–water partition coefficient (Wildman–Crippen LogP) is 0.891. The van der Waals surface area contributed by atoms with E-state index in [0.29, 0.717) is 19.8 Å². The van der Waals surface area contributed by atoms with Crippen molar-refractivity contribution in [2.45, 2.75) is 39.9 Å². The van der Waals surface area contributed by atoms with Crippen molar-refractivity contribution in [2.75, 3.05) is 32.8 Å². The second kappa shape index (κ2) is 7.71. The first-order chi connectivity index (χ1) is 8.62. The van der Waals surface area contributed by atoms with Gasteiger partial charge in [-0.15, -0.1) is 0 Å². The summed E-state index contributed by atoms with van der Waals surface area (Å²) in [6.45, 7) is 9.16. The number of hydrogen-bond acceptors (Lipinski definition) is 4. The summed E-state index contributed by atoms with van der Waals surface area (Å²) in [7, 11) is 0. The number of ether oxygens (including phenoxy) is 2. The van der Waals surface area contributed by atoms with E-state index in [1.54, 1.807) is 0 Å². The van der Waals surface area contributed by atoms with E-state index >= 15 is 0 Å². The fourth-order valence-corrected chi connectivity index (χ4v) is 2.18. The van der Waals surface area contributed by atoms with Gasteiger partial charge in [-0.2, -0.15) is 0 Å². The zero-order valence-corrected chi connectivity index (χ0v) is 11.8. The maximum atomic E-state index is 12.2. The number of piperidine rings is 1. The quantitative estimate of drug-likeness (QED) is 0.666. The molecule has 18 heavy (non-hydrogen) atoms. The molecule has 0 spiro atoms. The molecule has 0 aromatic rings. The second-order valence-corrected chi connectivity index (χ2v) is 4.89. The summed E-state index contributed by atoms with van der Waals surface area (Å²) in [6.07, 6.45) is 1.63. The highest BCUT2D eigenvalue weighted by Crippen LogP contribution is 2.25. The Morgan fingerprint density at radius 1 is 1.39 bits per heavy atom. The Labute approximate surface area is 110 Å². The highest BCUT2D eigenvalue weighted by atomic mass is 16.7. The molecule has 0 saturated carbocycles. The standard InChI is InChI=1S/C13H26N2O3/c1-4-17-11(18-5-2)9-15-12(16)13(3)7-6-8-14-10-13/h11,14H,4-10H2,1-3H3,(H,15,16). The van der Waals surface area contributed by atoms with E-state index in [2.05, 4.69) is 10.6 Å². The van der Waals surface area contributed by atoms with Gasteiger partial charge < -0.3 is 20.1 Å². The lowest BCUT2D eigenvalue weighted by molar-refractivity contribution is -0.145. The number of carbonyl (C=O) groups is 1. The van der Waals surface area contributed by atoms with Crippen LogP contribution in [0.15, 0.2) is 0 Å². The molecule has 0 bridgehead atoms. The molecule has 0 aromatic carbocycles. The second-order valence-electron chi connectivity index (χ2n) is 4.89. The average Bonchev–Trinajstić information content (AvgIpc) is 2.37.